The minimum atomic E-state index is -0.873. The van der Waals surface area contributed by atoms with Gasteiger partial charge in [-0.15, -0.1) is 0 Å². The van der Waals surface area contributed by atoms with Gasteiger partial charge in [-0.3, -0.25) is 14.7 Å². The fraction of sp³-hybridized carbons (Fsp3) is 0.500. The van der Waals surface area contributed by atoms with Crippen LogP contribution in [-0.4, -0.2) is 44.8 Å². The maximum atomic E-state index is 11.0. The quantitative estimate of drug-likeness (QED) is 0.795. The first kappa shape index (κ1) is 12.0. The summed E-state index contributed by atoms with van der Waals surface area (Å²) in [4.78, 5) is 16.9. The van der Waals surface area contributed by atoms with E-state index in [1.807, 2.05) is 13.0 Å². The molecule has 1 fully saturated rings. The highest BCUT2D eigenvalue weighted by atomic mass is 16.4. The molecule has 0 bridgehead atoms. The molecule has 2 heterocycles. The van der Waals surface area contributed by atoms with Gasteiger partial charge in [0.1, 0.15) is 6.04 Å². The number of aromatic nitrogens is 1. The zero-order valence-electron chi connectivity index (χ0n) is 9.71. The molecular weight excluding hydrogens is 220 g/mol. The Labute approximate surface area is 99.7 Å². The van der Waals surface area contributed by atoms with E-state index in [0.717, 1.165) is 11.1 Å². The second kappa shape index (κ2) is 4.81. The molecule has 2 unspecified atom stereocenters. The fourth-order valence-corrected chi connectivity index (χ4v) is 2.25. The molecule has 0 saturated carbocycles. The van der Waals surface area contributed by atoms with Crippen LogP contribution in [0.3, 0.4) is 0 Å². The van der Waals surface area contributed by atoms with Crippen molar-refractivity contribution in [2.24, 2.45) is 0 Å². The van der Waals surface area contributed by atoms with Crippen molar-refractivity contribution >= 4 is 5.97 Å². The normalized spacial score (nSPS) is 25.1. The number of hydrogen-bond acceptors (Lipinski definition) is 4. The number of pyridine rings is 1. The number of aliphatic hydroxyl groups is 1. The Kier molecular flexibility index (Phi) is 3.40. The van der Waals surface area contributed by atoms with Crippen molar-refractivity contribution in [3.05, 3.63) is 29.6 Å². The van der Waals surface area contributed by atoms with Crippen molar-refractivity contribution in [1.82, 2.24) is 9.88 Å². The molecule has 17 heavy (non-hydrogen) atoms. The number of aliphatic hydroxyl groups excluding tert-OH is 1. The number of hydrogen-bond donors (Lipinski definition) is 2. The second-order valence-corrected chi connectivity index (χ2v) is 4.54. The molecule has 1 aliphatic rings. The Balaban J connectivity index is 2.09. The lowest BCUT2D eigenvalue weighted by molar-refractivity contribution is -0.142. The smallest absolute Gasteiger partial charge is 0.321 e. The fourth-order valence-electron chi connectivity index (χ4n) is 2.25. The summed E-state index contributed by atoms with van der Waals surface area (Å²) in [5, 5.41) is 18.6. The topological polar surface area (TPSA) is 73.7 Å². The molecule has 1 saturated heterocycles. The third-order valence-electron chi connectivity index (χ3n) is 2.98. The first-order chi connectivity index (χ1) is 8.06. The molecule has 0 amide bonds. The zero-order valence-corrected chi connectivity index (χ0v) is 9.71. The maximum Gasteiger partial charge on any atom is 0.321 e. The lowest BCUT2D eigenvalue weighted by Gasteiger charge is -2.20. The van der Waals surface area contributed by atoms with Crippen LogP contribution in [0.15, 0.2) is 18.5 Å². The highest BCUT2D eigenvalue weighted by molar-refractivity contribution is 5.74. The van der Waals surface area contributed by atoms with E-state index in [-0.39, 0.29) is 0 Å². The molecule has 0 aliphatic carbocycles. The first-order valence-corrected chi connectivity index (χ1v) is 5.61. The van der Waals surface area contributed by atoms with Gasteiger partial charge in [0.2, 0.25) is 0 Å². The van der Waals surface area contributed by atoms with Crippen LogP contribution in [0, 0.1) is 6.92 Å². The summed E-state index contributed by atoms with van der Waals surface area (Å²) in [5.74, 6) is -0.873. The summed E-state index contributed by atoms with van der Waals surface area (Å²) in [6.07, 6.45) is 3.25. The van der Waals surface area contributed by atoms with Gasteiger partial charge in [0, 0.05) is 31.9 Å². The summed E-state index contributed by atoms with van der Waals surface area (Å²) in [7, 11) is 0. The van der Waals surface area contributed by atoms with Gasteiger partial charge in [-0.25, -0.2) is 0 Å². The van der Waals surface area contributed by atoms with Gasteiger partial charge in [0.15, 0.2) is 0 Å². The predicted molar refractivity (Wildman–Crippen MR) is 61.4 cm³/mol. The zero-order chi connectivity index (χ0) is 12.4. The number of β-amino-alcohol motifs (C(OH)–C–C–N with tert-alkyl or cyclic N) is 1. The summed E-state index contributed by atoms with van der Waals surface area (Å²) in [6.45, 7) is 2.87. The maximum absolute atomic E-state index is 11.0. The Morgan fingerprint density at radius 3 is 3.00 bits per heavy atom. The van der Waals surface area contributed by atoms with E-state index < -0.39 is 18.1 Å². The van der Waals surface area contributed by atoms with E-state index in [2.05, 4.69) is 4.98 Å². The van der Waals surface area contributed by atoms with Crippen LogP contribution in [0.2, 0.25) is 0 Å². The summed E-state index contributed by atoms with van der Waals surface area (Å²) < 4.78 is 0. The van der Waals surface area contributed by atoms with Crippen LogP contribution < -0.4 is 0 Å². The average molecular weight is 236 g/mol. The van der Waals surface area contributed by atoms with Crippen molar-refractivity contribution in [1.29, 1.82) is 0 Å². The first-order valence-electron chi connectivity index (χ1n) is 5.61. The number of aryl methyl sites for hydroxylation is 1. The Bertz CT molecular complexity index is 422. The van der Waals surface area contributed by atoms with E-state index in [4.69, 9.17) is 5.11 Å². The molecule has 2 N–H and O–H groups in total. The van der Waals surface area contributed by atoms with E-state index in [1.165, 1.54) is 0 Å². The van der Waals surface area contributed by atoms with Crippen molar-refractivity contribution in [2.45, 2.75) is 32.0 Å². The highest BCUT2D eigenvalue weighted by Gasteiger charge is 2.35. The average Bonchev–Trinajstić information content (AvgIpc) is 2.59. The van der Waals surface area contributed by atoms with Gasteiger partial charge in [-0.05, 0) is 18.1 Å². The van der Waals surface area contributed by atoms with E-state index >= 15 is 0 Å². The van der Waals surface area contributed by atoms with Gasteiger partial charge in [-0.1, -0.05) is 6.07 Å². The molecule has 0 aromatic carbocycles. The van der Waals surface area contributed by atoms with Crippen LogP contribution in [-0.2, 0) is 11.3 Å². The van der Waals surface area contributed by atoms with Crippen molar-refractivity contribution in [3.63, 3.8) is 0 Å². The predicted octanol–water partition coefficient (Wildman–Crippen LogP) is 0.410. The number of rotatable bonds is 3. The number of aliphatic carboxylic acids is 1. The second-order valence-electron chi connectivity index (χ2n) is 4.54. The number of carboxylic acids is 1. The summed E-state index contributed by atoms with van der Waals surface area (Å²) in [6, 6.07) is 1.39. The lowest BCUT2D eigenvalue weighted by atomic mass is 10.2. The van der Waals surface area contributed by atoms with E-state index in [9.17, 15) is 9.90 Å². The van der Waals surface area contributed by atoms with Gasteiger partial charge in [-0.2, -0.15) is 0 Å². The lowest BCUT2D eigenvalue weighted by Crippen LogP contribution is -2.35. The number of likely N-dealkylation sites (tertiary alicyclic amines) is 1. The standard InChI is InChI=1S/C12H16N2O3/c1-8-2-9(5-13-4-8)6-14-7-10(15)3-11(14)12(16)17/h2,4-5,10-11,15H,3,6-7H2,1H3,(H,16,17). The minimum absolute atomic E-state index is 0.300. The van der Waals surface area contributed by atoms with Crippen LogP contribution in [0.5, 0.6) is 0 Å². The molecule has 5 heteroatoms. The van der Waals surface area contributed by atoms with Crippen LogP contribution in [0.1, 0.15) is 17.5 Å². The molecule has 1 aliphatic heterocycles. The molecule has 92 valence electrons. The van der Waals surface area contributed by atoms with Gasteiger partial charge in [0.25, 0.3) is 0 Å². The van der Waals surface area contributed by atoms with Crippen LogP contribution >= 0.6 is 0 Å². The number of carbonyl (C=O) groups is 1. The van der Waals surface area contributed by atoms with Crippen molar-refractivity contribution in [2.75, 3.05) is 6.54 Å². The van der Waals surface area contributed by atoms with E-state index in [1.54, 1.807) is 17.3 Å². The van der Waals surface area contributed by atoms with Crippen molar-refractivity contribution in [3.8, 4) is 0 Å². The molecule has 0 radical (unpaired) electrons. The Hall–Kier alpha value is -1.46. The summed E-state index contributed by atoms with van der Waals surface area (Å²) >= 11 is 0. The minimum Gasteiger partial charge on any atom is -0.480 e. The van der Waals surface area contributed by atoms with Gasteiger partial charge >= 0.3 is 5.97 Å². The largest absolute Gasteiger partial charge is 0.480 e. The molecule has 1 aromatic rings. The summed E-state index contributed by atoms with van der Waals surface area (Å²) in [5.41, 5.74) is 2.03. The molecule has 1 aromatic heterocycles. The monoisotopic (exact) mass is 236 g/mol. The third kappa shape index (κ3) is 2.81. The number of carboxylic acid groups (broad SMARTS) is 1. The highest BCUT2D eigenvalue weighted by Crippen LogP contribution is 2.20. The molecule has 5 nitrogen and oxygen atoms in total. The van der Waals surface area contributed by atoms with Gasteiger partial charge < -0.3 is 10.2 Å². The molecular formula is C12H16N2O3. The van der Waals surface area contributed by atoms with Gasteiger partial charge in [0.05, 0.1) is 6.10 Å². The molecule has 2 rings (SSSR count). The van der Waals surface area contributed by atoms with E-state index in [0.29, 0.717) is 19.5 Å². The van der Waals surface area contributed by atoms with Crippen LogP contribution in [0.4, 0.5) is 0 Å². The third-order valence-corrected chi connectivity index (χ3v) is 2.98. The van der Waals surface area contributed by atoms with Crippen LogP contribution in [0.25, 0.3) is 0 Å². The Morgan fingerprint density at radius 2 is 2.35 bits per heavy atom. The van der Waals surface area contributed by atoms with Crippen molar-refractivity contribution < 1.29 is 15.0 Å². The molecule has 0 spiro atoms. The number of nitrogens with zero attached hydrogens (tertiary/aromatic N) is 2. The SMILES string of the molecule is Cc1cncc(CN2CC(O)CC2C(=O)O)c1. The Morgan fingerprint density at radius 1 is 1.59 bits per heavy atom. The molecule has 2 atom stereocenters.